The van der Waals surface area contributed by atoms with Crippen molar-refractivity contribution in [1.82, 2.24) is 4.90 Å². The van der Waals surface area contributed by atoms with Crippen LogP contribution >= 0.6 is 0 Å². The molecule has 182 valence electrons. The molecule has 1 aliphatic heterocycles. The van der Waals surface area contributed by atoms with Crippen molar-refractivity contribution in [2.45, 2.75) is 78.9 Å². The Bertz CT molecular complexity index is 1070. The van der Waals surface area contributed by atoms with Crippen molar-refractivity contribution in [3.05, 3.63) is 70.3 Å². The molecule has 2 aromatic carbocycles. The van der Waals surface area contributed by atoms with Gasteiger partial charge in [-0.15, -0.1) is 0 Å². The number of ketones is 1. The number of hydrogen-bond donors (Lipinski definition) is 1. The largest absolute Gasteiger partial charge is 0.507 e. The topological polar surface area (TPSA) is 66.8 Å². The van der Waals surface area contributed by atoms with Gasteiger partial charge in [-0.05, 0) is 68.0 Å². The average Bonchev–Trinajstić information content (AvgIpc) is 3.05. The number of amides is 1. The number of benzene rings is 2. The van der Waals surface area contributed by atoms with E-state index in [0.29, 0.717) is 18.0 Å². The zero-order valence-corrected chi connectivity index (χ0v) is 21.2. The van der Waals surface area contributed by atoms with E-state index in [1.807, 2.05) is 45.0 Å². The van der Waals surface area contributed by atoms with E-state index in [2.05, 4.69) is 20.8 Å². The smallest absolute Gasteiger partial charge is 0.295 e. The van der Waals surface area contributed by atoms with Gasteiger partial charge in [-0.2, -0.15) is 0 Å². The van der Waals surface area contributed by atoms with Gasteiger partial charge < -0.3 is 14.7 Å². The molecular formula is C29H37NO4. The molecule has 0 aromatic heterocycles. The van der Waals surface area contributed by atoms with E-state index in [1.54, 1.807) is 23.1 Å². The van der Waals surface area contributed by atoms with Gasteiger partial charge in [-0.1, -0.05) is 57.9 Å². The summed E-state index contributed by atoms with van der Waals surface area (Å²) in [5.74, 6) is -0.223. The maximum Gasteiger partial charge on any atom is 0.295 e. The Balaban J connectivity index is 2.09. The molecule has 5 nitrogen and oxygen atoms in total. The summed E-state index contributed by atoms with van der Waals surface area (Å²) >= 11 is 0. The van der Waals surface area contributed by atoms with Crippen molar-refractivity contribution in [1.29, 1.82) is 0 Å². The van der Waals surface area contributed by atoms with Crippen LogP contribution in [-0.4, -0.2) is 34.3 Å². The van der Waals surface area contributed by atoms with E-state index in [0.717, 1.165) is 36.1 Å². The molecule has 3 rings (SSSR count). The highest BCUT2D eigenvalue weighted by Crippen LogP contribution is 2.40. The minimum atomic E-state index is -0.632. The first-order valence-corrected chi connectivity index (χ1v) is 12.3. The number of ether oxygens (including phenoxy) is 1. The molecule has 0 spiro atoms. The second-order valence-corrected chi connectivity index (χ2v) is 9.67. The van der Waals surface area contributed by atoms with Crippen LogP contribution in [0.4, 0.5) is 0 Å². The first-order chi connectivity index (χ1) is 16.1. The van der Waals surface area contributed by atoms with Crippen LogP contribution < -0.4 is 4.74 Å². The van der Waals surface area contributed by atoms with Crippen LogP contribution in [0.3, 0.4) is 0 Å². The lowest BCUT2D eigenvalue weighted by Crippen LogP contribution is -2.30. The van der Waals surface area contributed by atoms with E-state index < -0.39 is 17.7 Å². The number of Topliss-reactive ketones (excluding diaryl/α,β-unsaturated/α-hetero) is 1. The fourth-order valence-corrected chi connectivity index (χ4v) is 4.39. The van der Waals surface area contributed by atoms with Crippen molar-refractivity contribution >= 4 is 17.4 Å². The SMILES string of the molecule is CCCCCN1C(=O)C(=O)/C(=C(\O)c2ccc(OC(C)C)c(C)c2)C1c1ccc(C(C)C)cc1. The number of hydrogen-bond acceptors (Lipinski definition) is 4. The summed E-state index contributed by atoms with van der Waals surface area (Å²) in [6.45, 7) is 12.6. The van der Waals surface area contributed by atoms with Gasteiger partial charge in [0.05, 0.1) is 17.7 Å². The molecule has 1 heterocycles. The zero-order valence-electron chi connectivity index (χ0n) is 21.2. The van der Waals surface area contributed by atoms with E-state index in [9.17, 15) is 14.7 Å². The molecule has 1 saturated heterocycles. The first-order valence-electron chi connectivity index (χ1n) is 12.3. The van der Waals surface area contributed by atoms with Crippen molar-refractivity contribution in [3.8, 4) is 5.75 Å². The molecule has 0 bridgehead atoms. The molecule has 1 N–H and O–H groups in total. The third-order valence-corrected chi connectivity index (χ3v) is 6.27. The molecular weight excluding hydrogens is 426 g/mol. The standard InChI is InChI=1S/C29H37NO4/c1-7-8-9-16-30-26(22-12-10-21(11-13-22)18(2)3)25(28(32)29(30)33)27(31)23-14-15-24(20(6)17-23)34-19(4)5/h10-15,17-19,26,31H,7-9,16H2,1-6H3/b27-25-. The Morgan fingerprint density at radius 2 is 1.71 bits per heavy atom. The maximum atomic E-state index is 13.2. The van der Waals surface area contributed by atoms with Gasteiger partial charge in [0.1, 0.15) is 11.5 Å². The van der Waals surface area contributed by atoms with Crippen LogP contribution in [0.5, 0.6) is 5.75 Å². The van der Waals surface area contributed by atoms with Crippen LogP contribution in [0.2, 0.25) is 0 Å². The molecule has 2 aromatic rings. The summed E-state index contributed by atoms with van der Waals surface area (Å²) in [6.07, 6.45) is 2.82. The van der Waals surface area contributed by atoms with Crippen molar-refractivity contribution in [2.75, 3.05) is 6.54 Å². The highest BCUT2D eigenvalue weighted by atomic mass is 16.5. The quantitative estimate of drug-likeness (QED) is 0.199. The van der Waals surface area contributed by atoms with Gasteiger partial charge in [0, 0.05) is 12.1 Å². The predicted molar refractivity (Wildman–Crippen MR) is 136 cm³/mol. The molecule has 1 aliphatic rings. The third kappa shape index (κ3) is 5.35. The molecule has 34 heavy (non-hydrogen) atoms. The van der Waals surface area contributed by atoms with Crippen LogP contribution in [0.25, 0.3) is 5.76 Å². The Labute approximate surface area is 203 Å². The maximum absolute atomic E-state index is 13.2. The second kappa shape index (κ2) is 10.9. The van der Waals surface area contributed by atoms with Gasteiger partial charge in [0.15, 0.2) is 0 Å². The summed E-state index contributed by atoms with van der Waals surface area (Å²) in [6, 6.07) is 12.7. The second-order valence-electron chi connectivity index (χ2n) is 9.67. The molecule has 0 radical (unpaired) electrons. The van der Waals surface area contributed by atoms with E-state index >= 15 is 0 Å². The number of aryl methyl sites for hydroxylation is 1. The highest BCUT2D eigenvalue weighted by Gasteiger charge is 2.45. The summed E-state index contributed by atoms with van der Waals surface area (Å²) in [7, 11) is 0. The molecule has 1 amide bonds. The van der Waals surface area contributed by atoms with Crippen molar-refractivity contribution in [2.24, 2.45) is 0 Å². The number of unbranched alkanes of at least 4 members (excludes halogenated alkanes) is 2. The van der Waals surface area contributed by atoms with Gasteiger partial charge >= 0.3 is 0 Å². The summed E-state index contributed by atoms with van der Waals surface area (Å²) < 4.78 is 5.81. The predicted octanol–water partition coefficient (Wildman–Crippen LogP) is 6.52. The molecule has 1 atom stereocenters. The van der Waals surface area contributed by atoms with Gasteiger partial charge in [0.25, 0.3) is 11.7 Å². The monoisotopic (exact) mass is 463 g/mol. The Morgan fingerprint density at radius 3 is 2.26 bits per heavy atom. The molecule has 1 fully saturated rings. The lowest BCUT2D eigenvalue weighted by atomic mass is 9.93. The normalized spacial score (nSPS) is 17.8. The molecule has 0 aliphatic carbocycles. The Morgan fingerprint density at radius 1 is 1.03 bits per heavy atom. The van der Waals surface area contributed by atoms with Crippen LogP contribution in [-0.2, 0) is 9.59 Å². The molecule has 5 heteroatoms. The Hall–Kier alpha value is -3.08. The Kier molecular flexibility index (Phi) is 8.19. The lowest BCUT2D eigenvalue weighted by molar-refractivity contribution is -0.139. The number of aliphatic hydroxyl groups is 1. The fraction of sp³-hybridized carbons (Fsp3) is 0.448. The zero-order chi connectivity index (χ0) is 25.0. The molecule has 0 saturated carbocycles. The van der Waals surface area contributed by atoms with Crippen molar-refractivity contribution in [3.63, 3.8) is 0 Å². The number of aliphatic hydroxyl groups excluding tert-OH is 1. The van der Waals surface area contributed by atoms with Gasteiger partial charge in [0.2, 0.25) is 0 Å². The van der Waals surface area contributed by atoms with Crippen LogP contribution in [0.15, 0.2) is 48.0 Å². The number of nitrogens with zero attached hydrogens (tertiary/aromatic N) is 1. The van der Waals surface area contributed by atoms with Crippen LogP contribution in [0.1, 0.15) is 88.1 Å². The highest BCUT2D eigenvalue weighted by molar-refractivity contribution is 6.46. The molecule has 1 unspecified atom stereocenters. The number of rotatable bonds is 9. The number of likely N-dealkylation sites (tertiary alicyclic amines) is 1. The van der Waals surface area contributed by atoms with Gasteiger partial charge in [-0.3, -0.25) is 9.59 Å². The lowest BCUT2D eigenvalue weighted by Gasteiger charge is -2.25. The third-order valence-electron chi connectivity index (χ3n) is 6.27. The minimum Gasteiger partial charge on any atom is -0.507 e. The number of carbonyl (C=O) groups excluding carboxylic acids is 2. The van der Waals surface area contributed by atoms with Gasteiger partial charge in [-0.25, -0.2) is 0 Å². The summed E-state index contributed by atoms with van der Waals surface area (Å²) in [5.41, 5.74) is 3.52. The fourth-order valence-electron chi connectivity index (χ4n) is 4.39. The van der Waals surface area contributed by atoms with Crippen molar-refractivity contribution < 1.29 is 19.4 Å². The van der Waals surface area contributed by atoms with Crippen LogP contribution in [0, 0.1) is 6.92 Å². The van der Waals surface area contributed by atoms with E-state index in [4.69, 9.17) is 4.74 Å². The summed E-state index contributed by atoms with van der Waals surface area (Å²) in [4.78, 5) is 27.9. The summed E-state index contributed by atoms with van der Waals surface area (Å²) in [5, 5.41) is 11.3. The first kappa shape index (κ1) is 25.5. The van der Waals surface area contributed by atoms with E-state index in [1.165, 1.54) is 5.56 Å². The minimum absolute atomic E-state index is 0.0282. The van der Waals surface area contributed by atoms with E-state index in [-0.39, 0.29) is 17.4 Å². The number of carbonyl (C=O) groups is 2. The average molecular weight is 464 g/mol.